The molecule has 0 radical (unpaired) electrons. The first-order valence-corrected chi connectivity index (χ1v) is 11.1. The smallest absolute Gasteiger partial charge is 0.303 e. The first kappa shape index (κ1) is 20.6. The number of carboxylic acid groups (broad SMARTS) is 1. The highest BCUT2D eigenvalue weighted by Crippen LogP contribution is 2.36. The molecular weight excluding hydrogens is 414 g/mol. The normalized spacial score (nSPS) is 15.6. The lowest BCUT2D eigenvalue weighted by atomic mass is 9.96. The van der Waals surface area contributed by atoms with Crippen LogP contribution < -0.4 is 0 Å². The van der Waals surface area contributed by atoms with Crippen LogP contribution in [-0.4, -0.2) is 32.7 Å². The minimum atomic E-state index is -0.786. The summed E-state index contributed by atoms with van der Waals surface area (Å²) in [6.45, 7) is 0.526. The van der Waals surface area contributed by atoms with E-state index < -0.39 is 5.97 Å². The number of unbranched alkanes of at least 4 members (excludes halogenated alkanes) is 2. The highest BCUT2D eigenvalue weighted by Gasteiger charge is 2.31. The maximum absolute atomic E-state index is 13.0. The molecular formula is C24H21NO3S2. The van der Waals surface area contributed by atoms with Gasteiger partial charge in [-0.15, -0.1) is 0 Å². The Morgan fingerprint density at radius 2 is 1.63 bits per heavy atom. The van der Waals surface area contributed by atoms with Gasteiger partial charge in [0.25, 0.3) is 5.91 Å². The van der Waals surface area contributed by atoms with Gasteiger partial charge in [-0.05, 0) is 52.1 Å². The van der Waals surface area contributed by atoms with Gasteiger partial charge in [-0.1, -0.05) is 78.9 Å². The lowest BCUT2D eigenvalue weighted by Crippen LogP contribution is -2.29. The molecule has 1 fully saturated rings. The molecule has 1 aliphatic heterocycles. The van der Waals surface area contributed by atoms with E-state index >= 15 is 0 Å². The molecule has 0 aromatic heterocycles. The zero-order chi connectivity index (χ0) is 21.1. The minimum Gasteiger partial charge on any atom is -0.481 e. The Morgan fingerprint density at radius 3 is 2.27 bits per heavy atom. The van der Waals surface area contributed by atoms with Crippen LogP contribution >= 0.6 is 24.0 Å². The van der Waals surface area contributed by atoms with Gasteiger partial charge >= 0.3 is 5.97 Å². The standard InChI is InChI=1S/C24H21NO3S2/c26-22(27)12-2-1-7-13-25-23(28)21(30-24(25)29)15-20-18-10-5-3-8-16(18)14-17-9-4-6-11-19(17)20/h3-6,8-11,14-15H,1-2,7,12-13H2,(H,26,27)/b21-15-. The number of thioether (sulfide) groups is 1. The molecule has 4 nitrogen and oxygen atoms in total. The maximum atomic E-state index is 13.0. The van der Waals surface area contributed by atoms with Crippen LogP contribution in [0.5, 0.6) is 0 Å². The molecule has 1 N–H and O–H groups in total. The van der Waals surface area contributed by atoms with Crippen molar-refractivity contribution in [2.24, 2.45) is 0 Å². The van der Waals surface area contributed by atoms with E-state index in [-0.39, 0.29) is 12.3 Å². The van der Waals surface area contributed by atoms with Gasteiger partial charge in [-0.2, -0.15) is 0 Å². The van der Waals surface area contributed by atoms with Crippen LogP contribution in [0.15, 0.2) is 59.5 Å². The number of nitrogens with zero attached hydrogens (tertiary/aromatic N) is 1. The molecule has 1 aliphatic rings. The van der Waals surface area contributed by atoms with Crippen molar-refractivity contribution in [3.05, 3.63) is 65.1 Å². The second kappa shape index (κ2) is 8.98. The third-order valence-corrected chi connectivity index (χ3v) is 6.61. The Kier molecular flexibility index (Phi) is 6.16. The zero-order valence-corrected chi connectivity index (χ0v) is 18.0. The van der Waals surface area contributed by atoms with Gasteiger partial charge in [0, 0.05) is 13.0 Å². The van der Waals surface area contributed by atoms with Crippen molar-refractivity contribution in [3.63, 3.8) is 0 Å². The fourth-order valence-corrected chi connectivity index (χ4v) is 5.04. The van der Waals surface area contributed by atoms with Gasteiger partial charge in [0.15, 0.2) is 0 Å². The molecule has 0 saturated carbocycles. The van der Waals surface area contributed by atoms with Crippen LogP contribution in [0.3, 0.4) is 0 Å². The van der Waals surface area contributed by atoms with Crippen LogP contribution in [0.2, 0.25) is 0 Å². The lowest BCUT2D eigenvalue weighted by Gasteiger charge is -2.14. The number of carboxylic acids is 1. The molecule has 6 heteroatoms. The molecule has 4 rings (SSSR count). The molecule has 1 saturated heterocycles. The van der Waals surface area contributed by atoms with Crippen molar-refractivity contribution >= 4 is 67.8 Å². The van der Waals surface area contributed by atoms with E-state index in [1.165, 1.54) is 11.8 Å². The summed E-state index contributed by atoms with van der Waals surface area (Å²) in [6, 6.07) is 18.6. The number of hydrogen-bond acceptors (Lipinski definition) is 4. The number of rotatable bonds is 7. The Hall–Kier alpha value is -2.70. The quantitative estimate of drug-likeness (QED) is 0.219. The number of fused-ring (bicyclic) bond motifs is 2. The summed E-state index contributed by atoms with van der Waals surface area (Å²) in [7, 11) is 0. The maximum Gasteiger partial charge on any atom is 0.303 e. The van der Waals surface area contributed by atoms with Crippen LogP contribution in [0.4, 0.5) is 0 Å². The number of carbonyl (C=O) groups is 2. The molecule has 0 atom stereocenters. The van der Waals surface area contributed by atoms with Crippen LogP contribution in [0.25, 0.3) is 27.6 Å². The van der Waals surface area contributed by atoms with E-state index in [9.17, 15) is 9.59 Å². The second-order valence-electron chi connectivity index (χ2n) is 7.27. The summed E-state index contributed by atoms with van der Waals surface area (Å²) in [5.74, 6) is -0.855. The van der Waals surface area contributed by atoms with Crippen molar-refractivity contribution in [3.8, 4) is 0 Å². The zero-order valence-electron chi connectivity index (χ0n) is 16.3. The van der Waals surface area contributed by atoms with Crippen LogP contribution in [0.1, 0.15) is 31.2 Å². The van der Waals surface area contributed by atoms with Gasteiger partial charge in [0.05, 0.1) is 4.91 Å². The van der Waals surface area contributed by atoms with Gasteiger partial charge in [-0.25, -0.2) is 0 Å². The highest BCUT2D eigenvalue weighted by molar-refractivity contribution is 8.26. The molecule has 0 unspecified atom stereocenters. The first-order chi connectivity index (χ1) is 14.5. The van der Waals surface area contributed by atoms with E-state index in [0.717, 1.165) is 39.9 Å². The Bertz CT molecular complexity index is 1130. The third kappa shape index (κ3) is 4.25. The van der Waals surface area contributed by atoms with Crippen molar-refractivity contribution in [2.45, 2.75) is 25.7 Å². The Balaban J connectivity index is 1.62. The van der Waals surface area contributed by atoms with Crippen molar-refractivity contribution in [1.82, 2.24) is 4.90 Å². The molecule has 1 amide bonds. The molecule has 30 heavy (non-hydrogen) atoms. The van der Waals surface area contributed by atoms with Crippen molar-refractivity contribution in [1.29, 1.82) is 0 Å². The number of benzene rings is 3. The largest absolute Gasteiger partial charge is 0.481 e. The second-order valence-corrected chi connectivity index (χ2v) is 8.95. The first-order valence-electron chi connectivity index (χ1n) is 9.92. The van der Waals surface area contributed by atoms with Gasteiger partial charge in [0.2, 0.25) is 0 Å². The monoisotopic (exact) mass is 435 g/mol. The van der Waals surface area contributed by atoms with Crippen LogP contribution in [0, 0.1) is 0 Å². The van der Waals surface area contributed by atoms with E-state index in [1.54, 1.807) is 4.90 Å². The van der Waals surface area contributed by atoms with E-state index in [4.69, 9.17) is 17.3 Å². The predicted octanol–water partition coefficient (Wildman–Crippen LogP) is 5.84. The number of aliphatic carboxylic acids is 1. The number of amides is 1. The average Bonchev–Trinajstić information content (AvgIpc) is 3.00. The predicted molar refractivity (Wildman–Crippen MR) is 127 cm³/mol. The average molecular weight is 436 g/mol. The van der Waals surface area contributed by atoms with E-state index in [1.807, 2.05) is 30.3 Å². The summed E-state index contributed by atoms with van der Waals surface area (Å²) < 4.78 is 0.564. The molecule has 0 spiro atoms. The molecule has 0 bridgehead atoms. The summed E-state index contributed by atoms with van der Waals surface area (Å²) >= 11 is 6.79. The van der Waals surface area contributed by atoms with Crippen molar-refractivity contribution < 1.29 is 14.7 Å². The number of thiocarbonyl (C=S) groups is 1. The molecule has 0 aliphatic carbocycles. The van der Waals surface area contributed by atoms with E-state index in [0.29, 0.717) is 22.2 Å². The minimum absolute atomic E-state index is 0.0692. The summed E-state index contributed by atoms with van der Waals surface area (Å²) in [4.78, 5) is 25.9. The van der Waals surface area contributed by atoms with E-state index in [2.05, 4.69) is 30.3 Å². The molecule has 1 heterocycles. The Morgan fingerprint density at radius 1 is 1.00 bits per heavy atom. The van der Waals surface area contributed by atoms with Crippen molar-refractivity contribution in [2.75, 3.05) is 6.54 Å². The molecule has 3 aromatic rings. The third-order valence-electron chi connectivity index (χ3n) is 5.23. The number of carbonyl (C=O) groups excluding carboxylic acids is 1. The number of hydrogen-bond donors (Lipinski definition) is 1. The lowest BCUT2D eigenvalue weighted by molar-refractivity contribution is -0.137. The topological polar surface area (TPSA) is 57.6 Å². The fourth-order valence-electron chi connectivity index (χ4n) is 3.75. The van der Waals surface area contributed by atoms with Gasteiger partial charge in [-0.3, -0.25) is 14.5 Å². The fraction of sp³-hybridized carbons (Fsp3) is 0.208. The Labute approximate surface area is 184 Å². The molecule has 3 aromatic carbocycles. The highest BCUT2D eigenvalue weighted by atomic mass is 32.2. The molecule has 152 valence electrons. The van der Waals surface area contributed by atoms with Gasteiger partial charge in [0.1, 0.15) is 4.32 Å². The summed E-state index contributed by atoms with van der Waals surface area (Å²) in [5.41, 5.74) is 1.03. The SMILES string of the molecule is O=C(O)CCCCCN1C(=O)/C(=C/c2c3ccccc3cc3ccccc23)SC1=S. The summed E-state index contributed by atoms with van der Waals surface area (Å²) in [5, 5.41) is 13.2. The van der Waals surface area contributed by atoms with Crippen LogP contribution in [-0.2, 0) is 9.59 Å². The van der Waals surface area contributed by atoms with Gasteiger partial charge < -0.3 is 5.11 Å². The summed E-state index contributed by atoms with van der Waals surface area (Å²) in [6.07, 6.45) is 4.24.